The second kappa shape index (κ2) is 6.26. The highest BCUT2D eigenvalue weighted by Crippen LogP contribution is 2.24. The molecular weight excluding hydrogens is 270 g/mol. The number of carboxylic acids is 1. The summed E-state index contributed by atoms with van der Waals surface area (Å²) in [6.07, 6.45) is 0. The van der Waals surface area contributed by atoms with Gasteiger partial charge in [0, 0.05) is 11.8 Å². The molecule has 2 aromatic rings. The lowest BCUT2D eigenvalue weighted by molar-refractivity contribution is 0.0690. The zero-order valence-electron chi connectivity index (χ0n) is 12.2. The fraction of sp³-hybridized carbons (Fsp3) is 0.250. The lowest BCUT2D eigenvalue weighted by atomic mass is 10.1. The quantitative estimate of drug-likeness (QED) is 0.915. The maximum atomic E-state index is 11.3. The number of methoxy groups -OCH3 is 1. The molecule has 110 valence electrons. The number of carbonyl (C=O) groups is 1. The summed E-state index contributed by atoms with van der Waals surface area (Å²) in [5.41, 5.74) is 2.17. The van der Waals surface area contributed by atoms with E-state index in [9.17, 15) is 9.90 Å². The van der Waals surface area contributed by atoms with Crippen LogP contribution < -0.4 is 9.47 Å². The molecule has 0 fully saturated rings. The standard InChI is InChI=1S/C16H17NO4/c1-10-7-14(15(16(18)19)11(2)17-10)21-9-12-5-4-6-13(8-12)20-3/h4-8H,9H2,1-3H3,(H,18,19). The van der Waals surface area contributed by atoms with Crippen LogP contribution in [0.3, 0.4) is 0 Å². The van der Waals surface area contributed by atoms with Crippen LogP contribution >= 0.6 is 0 Å². The van der Waals surface area contributed by atoms with Gasteiger partial charge in [-0.1, -0.05) is 12.1 Å². The lowest BCUT2D eigenvalue weighted by Crippen LogP contribution is -2.08. The number of pyridine rings is 1. The molecule has 1 N–H and O–H groups in total. The summed E-state index contributed by atoms with van der Waals surface area (Å²) in [5, 5.41) is 9.28. The van der Waals surface area contributed by atoms with Crippen LogP contribution in [0.5, 0.6) is 11.5 Å². The molecule has 0 spiro atoms. The maximum Gasteiger partial charge on any atom is 0.341 e. The maximum absolute atomic E-state index is 11.3. The van der Waals surface area contributed by atoms with E-state index in [0.717, 1.165) is 17.0 Å². The van der Waals surface area contributed by atoms with Crippen LogP contribution in [0.4, 0.5) is 0 Å². The zero-order valence-corrected chi connectivity index (χ0v) is 12.2. The predicted octanol–water partition coefficient (Wildman–Crippen LogP) is 2.98. The number of aromatic carboxylic acids is 1. The molecule has 5 heteroatoms. The molecule has 0 saturated carbocycles. The van der Waals surface area contributed by atoms with Crippen molar-refractivity contribution in [3.05, 3.63) is 52.8 Å². The van der Waals surface area contributed by atoms with Gasteiger partial charge in [0.2, 0.25) is 0 Å². The molecule has 0 bridgehead atoms. The molecular formula is C16H17NO4. The first-order valence-corrected chi connectivity index (χ1v) is 6.48. The summed E-state index contributed by atoms with van der Waals surface area (Å²) in [5.74, 6) is 0.0209. The fourth-order valence-electron chi connectivity index (χ4n) is 2.09. The summed E-state index contributed by atoms with van der Waals surface area (Å²) in [6.45, 7) is 3.73. The van der Waals surface area contributed by atoms with Crippen LogP contribution in [0.2, 0.25) is 0 Å². The molecule has 1 heterocycles. The van der Waals surface area contributed by atoms with E-state index >= 15 is 0 Å². The van der Waals surface area contributed by atoms with Crippen molar-refractivity contribution in [2.24, 2.45) is 0 Å². The number of aromatic nitrogens is 1. The molecule has 0 radical (unpaired) electrons. The zero-order chi connectivity index (χ0) is 15.4. The van der Waals surface area contributed by atoms with Crippen LogP contribution in [-0.2, 0) is 6.61 Å². The molecule has 0 saturated heterocycles. The van der Waals surface area contributed by atoms with E-state index < -0.39 is 5.97 Å². The van der Waals surface area contributed by atoms with E-state index in [4.69, 9.17) is 9.47 Å². The average Bonchev–Trinajstić information content (AvgIpc) is 2.44. The van der Waals surface area contributed by atoms with Crippen LogP contribution in [0.25, 0.3) is 0 Å². The molecule has 2 rings (SSSR count). The Morgan fingerprint density at radius 1 is 1.29 bits per heavy atom. The monoisotopic (exact) mass is 287 g/mol. The van der Waals surface area contributed by atoms with Crippen molar-refractivity contribution in [2.75, 3.05) is 7.11 Å². The summed E-state index contributed by atoms with van der Waals surface area (Å²) in [7, 11) is 1.60. The number of benzene rings is 1. The van der Waals surface area contributed by atoms with E-state index in [-0.39, 0.29) is 12.2 Å². The number of carboxylic acid groups (broad SMARTS) is 1. The Morgan fingerprint density at radius 3 is 2.71 bits per heavy atom. The van der Waals surface area contributed by atoms with E-state index in [2.05, 4.69) is 4.98 Å². The van der Waals surface area contributed by atoms with Crippen molar-refractivity contribution >= 4 is 5.97 Å². The van der Waals surface area contributed by atoms with Gasteiger partial charge < -0.3 is 14.6 Å². The summed E-state index contributed by atoms with van der Waals surface area (Å²) in [4.78, 5) is 15.5. The van der Waals surface area contributed by atoms with Crippen LogP contribution in [0, 0.1) is 13.8 Å². The van der Waals surface area contributed by atoms with Gasteiger partial charge in [-0.05, 0) is 31.5 Å². The van der Waals surface area contributed by atoms with Gasteiger partial charge in [0.25, 0.3) is 0 Å². The Bertz CT molecular complexity index is 667. The number of hydrogen-bond acceptors (Lipinski definition) is 4. The molecule has 0 aliphatic heterocycles. The number of ether oxygens (including phenoxy) is 2. The first-order valence-electron chi connectivity index (χ1n) is 6.48. The third-order valence-corrected chi connectivity index (χ3v) is 3.03. The van der Waals surface area contributed by atoms with Crippen molar-refractivity contribution in [3.63, 3.8) is 0 Å². The Hall–Kier alpha value is -2.56. The van der Waals surface area contributed by atoms with E-state index in [1.165, 1.54) is 0 Å². The van der Waals surface area contributed by atoms with E-state index in [1.54, 1.807) is 27.0 Å². The minimum atomic E-state index is -1.04. The topological polar surface area (TPSA) is 68.7 Å². The molecule has 1 aromatic carbocycles. The Balaban J connectivity index is 2.25. The van der Waals surface area contributed by atoms with Gasteiger partial charge in [-0.15, -0.1) is 0 Å². The Kier molecular flexibility index (Phi) is 4.42. The summed E-state index contributed by atoms with van der Waals surface area (Å²) < 4.78 is 10.8. The van der Waals surface area contributed by atoms with Gasteiger partial charge in [0.05, 0.1) is 12.8 Å². The van der Waals surface area contributed by atoms with Gasteiger partial charge in [-0.3, -0.25) is 4.98 Å². The second-order valence-electron chi connectivity index (χ2n) is 4.67. The SMILES string of the molecule is COc1cccc(COc2cc(C)nc(C)c2C(=O)O)c1. The molecule has 0 aliphatic rings. The van der Waals surface area contributed by atoms with Crippen molar-refractivity contribution in [2.45, 2.75) is 20.5 Å². The van der Waals surface area contributed by atoms with Crippen molar-refractivity contribution < 1.29 is 19.4 Å². The van der Waals surface area contributed by atoms with Gasteiger partial charge >= 0.3 is 5.97 Å². The Morgan fingerprint density at radius 2 is 2.05 bits per heavy atom. The van der Waals surface area contributed by atoms with Gasteiger partial charge in [0.1, 0.15) is 23.7 Å². The first kappa shape index (κ1) is 14.8. The lowest BCUT2D eigenvalue weighted by Gasteiger charge is -2.12. The molecule has 0 amide bonds. The Labute approximate surface area is 123 Å². The molecule has 0 atom stereocenters. The number of hydrogen-bond donors (Lipinski definition) is 1. The highest BCUT2D eigenvalue weighted by molar-refractivity contribution is 5.92. The molecule has 0 aliphatic carbocycles. The normalized spacial score (nSPS) is 10.2. The summed E-state index contributed by atoms with van der Waals surface area (Å²) >= 11 is 0. The predicted molar refractivity (Wildman–Crippen MR) is 78.0 cm³/mol. The smallest absolute Gasteiger partial charge is 0.341 e. The molecule has 5 nitrogen and oxygen atoms in total. The number of aryl methyl sites for hydroxylation is 2. The molecule has 21 heavy (non-hydrogen) atoms. The van der Waals surface area contributed by atoms with Crippen LogP contribution in [-0.4, -0.2) is 23.2 Å². The highest BCUT2D eigenvalue weighted by atomic mass is 16.5. The third-order valence-electron chi connectivity index (χ3n) is 3.03. The highest BCUT2D eigenvalue weighted by Gasteiger charge is 2.16. The third kappa shape index (κ3) is 3.51. The second-order valence-corrected chi connectivity index (χ2v) is 4.67. The van der Waals surface area contributed by atoms with Crippen molar-refractivity contribution in [1.29, 1.82) is 0 Å². The number of nitrogens with zero attached hydrogens (tertiary/aromatic N) is 1. The van der Waals surface area contributed by atoms with Crippen molar-refractivity contribution in [1.82, 2.24) is 4.98 Å². The first-order chi connectivity index (χ1) is 10.0. The van der Waals surface area contributed by atoms with Gasteiger partial charge in [-0.25, -0.2) is 4.79 Å². The molecule has 0 unspecified atom stereocenters. The van der Waals surface area contributed by atoms with Crippen molar-refractivity contribution in [3.8, 4) is 11.5 Å². The van der Waals surface area contributed by atoms with Gasteiger partial charge in [0.15, 0.2) is 0 Å². The average molecular weight is 287 g/mol. The van der Waals surface area contributed by atoms with Gasteiger partial charge in [-0.2, -0.15) is 0 Å². The fourth-order valence-corrected chi connectivity index (χ4v) is 2.09. The van der Waals surface area contributed by atoms with Crippen LogP contribution in [0.1, 0.15) is 27.3 Å². The van der Waals surface area contributed by atoms with E-state index in [0.29, 0.717) is 11.4 Å². The number of rotatable bonds is 5. The minimum Gasteiger partial charge on any atom is -0.497 e. The largest absolute Gasteiger partial charge is 0.497 e. The van der Waals surface area contributed by atoms with E-state index in [1.807, 2.05) is 24.3 Å². The summed E-state index contributed by atoms with van der Waals surface area (Å²) in [6, 6.07) is 9.08. The molecule has 1 aromatic heterocycles. The van der Waals surface area contributed by atoms with Crippen LogP contribution in [0.15, 0.2) is 30.3 Å². The minimum absolute atomic E-state index is 0.100.